The van der Waals surface area contributed by atoms with Crippen molar-refractivity contribution in [2.24, 2.45) is 5.73 Å². The topological polar surface area (TPSA) is 110 Å². The third kappa shape index (κ3) is 3.87. The Kier molecular flexibility index (Phi) is 3.89. The zero-order chi connectivity index (χ0) is 13.8. The highest BCUT2D eigenvalue weighted by Crippen LogP contribution is 2.19. The Morgan fingerprint density at radius 3 is 2.68 bits per heavy atom. The van der Waals surface area contributed by atoms with Gasteiger partial charge in [-0.1, -0.05) is 0 Å². The van der Waals surface area contributed by atoms with Crippen LogP contribution in [0, 0.1) is 0 Å². The van der Waals surface area contributed by atoms with E-state index in [9.17, 15) is 9.59 Å². The van der Waals surface area contributed by atoms with E-state index in [4.69, 9.17) is 11.5 Å². The zero-order valence-electron chi connectivity index (χ0n) is 10.6. The van der Waals surface area contributed by atoms with Crippen molar-refractivity contribution in [3.8, 4) is 0 Å². The number of hydrogen-bond donors (Lipinski definition) is 4. The van der Waals surface area contributed by atoms with Crippen LogP contribution in [0.1, 0.15) is 29.6 Å². The Morgan fingerprint density at radius 2 is 2.05 bits per heavy atom. The van der Waals surface area contributed by atoms with Crippen LogP contribution in [0.5, 0.6) is 0 Å². The van der Waals surface area contributed by atoms with E-state index >= 15 is 0 Å². The first kappa shape index (κ1) is 13.2. The van der Waals surface area contributed by atoms with Gasteiger partial charge in [0.05, 0.1) is 5.56 Å². The molecule has 1 fully saturated rings. The SMILES string of the molecule is NC(=O)c1cc(NCCC(=O)NC2CC2)ccc1N. The van der Waals surface area contributed by atoms with Crippen molar-refractivity contribution in [1.29, 1.82) is 0 Å². The van der Waals surface area contributed by atoms with Crippen molar-refractivity contribution in [1.82, 2.24) is 5.32 Å². The van der Waals surface area contributed by atoms with Gasteiger partial charge in [0, 0.05) is 30.4 Å². The average Bonchev–Trinajstić information content (AvgIpc) is 3.14. The number of nitrogens with two attached hydrogens (primary N) is 2. The van der Waals surface area contributed by atoms with Gasteiger partial charge in [0.25, 0.3) is 5.91 Å². The first-order valence-electron chi connectivity index (χ1n) is 6.29. The molecule has 2 rings (SSSR count). The van der Waals surface area contributed by atoms with Gasteiger partial charge in [-0.2, -0.15) is 0 Å². The molecule has 1 saturated carbocycles. The largest absolute Gasteiger partial charge is 0.398 e. The van der Waals surface area contributed by atoms with Crippen LogP contribution < -0.4 is 22.1 Å². The van der Waals surface area contributed by atoms with Crippen LogP contribution in [0.15, 0.2) is 18.2 Å². The molecule has 1 aliphatic carbocycles. The fourth-order valence-corrected chi connectivity index (χ4v) is 1.73. The molecule has 0 spiro atoms. The number of carbonyl (C=O) groups excluding carboxylic acids is 2. The van der Waals surface area contributed by atoms with E-state index in [2.05, 4.69) is 10.6 Å². The predicted octanol–water partition coefficient (Wildman–Crippen LogP) is 0.448. The van der Waals surface area contributed by atoms with Crippen molar-refractivity contribution in [2.45, 2.75) is 25.3 Å². The van der Waals surface area contributed by atoms with Crippen LogP contribution >= 0.6 is 0 Å². The maximum absolute atomic E-state index is 11.5. The third-order valence-electron chi connectivity index (χ3n) is 2.94. The van der Waals surface area contributed by atoms with Crippen LogP contribution in [0.4, 0.5) is 11.4 Å². The lowest BCUT2D eigenvalue weighted by Crippen LogP contribution is -2.27. The molecule has 0 atom stereocenters. The average molecular weight is 262 g/mol. The fourth-order valence-electron chi connectivity index (χ4n) is 1.73. The van der Waals surface area contributed by atoms with Crippen LogP contribution in [0.2, 0.25) is 0 Å². The van der Waals surface area contributed by atoms with Crippen LogP contribution in [0.3, 0.4) is 0 Å². The van der Waals surface area contributed by atoms with Gasteiger partial charge in [-0.25, -0.2) is 0 Å². The number of nitrogen functional groups attached to an aromatic ring is 1. The number of nitrogens with one attached hydrogen (secondary N) is 2. The molecule has 1 aromatic rings. The quantitative estimate of drug-likeness (QED) is 0.558. The Morgan fingerprint density at radius 1 is 1.32 bits per heavy atom. The molecule has 0 aromatic heterocycles. The minimum absolute atomic E-state index is 0.0422. The Balaban J connectivity index is 1.83. The monoisotopic (exact) mass is 262 g/mol. The van der Waals surface area contributed by atoms with Gasteiger partial charge >= 0.3 is 0 Å². The number of amides is 2. The molecule has 0 saturated heterocycles. The van der Waals surface area contributed by atoms with E-state index in [0.29, 0.717) is 24.7 Å². The van der Waals surface area contributed by atoms with Gasteiger partial charge in [-0.05, 0) is 31.0 Å². The van der Waals surface area contributed by atoms with Crippen molar-refractivity contribution < 1.29 is 9.59 Å². The van der Waals surface area contributed by atoms with E-state index in [1.54, 1.807) is 18.2 Å². The predicted molar refractivity (Wildman–Crippen MR) is 73.6 cm³/mol. The van der Waals surface area contributed by atoms with Gasteiger partial charge in [-0.3, -0.25) is 9.59 Å². The summed E-state index contributed by atoms with van der Waals surface area (Å²) in [4.78, 5) is 22.6. The number of rotatable bonds is 6. The molecule has 6 nitrogen and oxygen atoms in total. The van der Waals surface area contributed by atoms with Gasteiger partial charge in [0.15, 0.2) is 0 Å². The summed E-state index contributed by atoms with van der Waals surface area (Å²) in [5.41, 5.74) is 12.2. The lowest BCUT2D eigenvalue weighted by Gasteiger charge is -2.09. The number of hydrogen-bond acceptors (Lipinski definition) is 4. The van der Waals surface area contributed by atoms with E-state index in [0.717, 1.165) is 18.5 Å². The zero-order valence-corrected chi connectivity index (χ0v) is 10.6. The Labute approximate surface area is 111 Å². The second-order valence-corrected chi connectivity index (χ2v) is 4.68. The maximum Gasteiger partial charge on any atom is 0.250 e. The maximum atomic E-state index is 11.5. The molecule has 2 amide bonds. The molecule has 6 heteroatoms. The minimum Gasteiger partial charge on any atom is -0.398 e. The highest BCUT2D eigenvalue weighted by atomic mass is 16.2. The van der Waals surface area contributed by atoms with E-state index in [1.165, 1.54) is 0 Å². The number of anilines is 2. The summed E-state index contributed by atoms with van der Waals surface area (Å²) in [6, 6.07) is 5.34. The molecule has 6 N–H and O–H groups in total. The van der Waals surface area contributed by atoms with Gasteiger partial charge in [-0.15, -0.1) is 0 Å². The van der Waals surface area contributed by atoms with E-state index in [-0.39, 0.29) is 11.5 Å². The summed E-state index contributed by atoms with van der Waals surface area (Å²) in [5, 5.41) is 5.97. The van der Waals surface area contributed by atoms with Crippen molar-refractivity contribution in [2.75, 3.05) is 17.6 Å². The van der Waals surface area contributed by atoms with Gasteiger partial charge in [0.1, 0.15) is 0 Å². The standard InChI is InChI=1S/C13H18N4O2/c14-11-4-3-9(7-10(11)13(15)19)16-6-5-12(18)17-8-1-2-8/h3-4,7-8,16H,1-2,5-6,14H2,(H2,15,19)(H,17,18). The molecule has 0 radical (unpaired) electrons. The number of primary amides is 1. The lowest BCUT2D eigenvalue weighted by atomic mass is 10.1. The molecule has 102 valence electrons. The molecule has 0 aliphatic heterocycles. The van der Waals surface area contributed by atoms with Gasteiger partial charge in [0.2, 0.25) is 5.91 Å². The summed E-state index contributed by atoms with van der Waals surface area (Å²) in [6.07, 6.45) is 2.56. The van der Waals surface area contributed by atoms with Crippen molar-refractivity contribution in [3.63, 3.8) is 0 Å². The number of benzene rings is 1. The number of carbonyl (C=O) groups is 2. The summed E-state index contributed by atoms with van der Waals surface area (Å²) in [5.74, 6) is -0.520. The molecule has 1 aliphatic rings. The van der Waals surface area contributed by atoms with Gasteiger partial charge < -0.3 is 22.1 Å². The van der Waals surface area contributed by atoms with Crippen LogP contribution in [-0.2, 0) is 4.79 Å². The second kappa shape index (κ2) is 5.60. The minimum atomic E-state index is -0.562. The molecule has 0 heterocycles. The Hall–Kier alpha value is -2.24. The van der Waals surface area contributed by atoms with E-state index < -0.39 is 5.91 Å². The highest BCUT2D eigenvalue weighted by molar-refractivity contribution is 5.98. The van der Waals surface area contributed by atoms with E-state index in [1.807, 2.05) is 0 Å². The lowest BCUT2D eigenvalue weighted by molar-refractivity contribution is -0.120. The molecule has 1 aromatic carbocycles. The molecular formula is C13H18N4O2. The molecule has 0 unspecified atom stereocenters. The van der Waals surface area contributed by atoms with Crippen molar-refractivity contribution >= 4 is 23.2 Å². The molecule has 19 heavy (non-hydrogen) atoms. The first-order valence-corrected chi connectivity index (χ1v) is 6.29. The normalized spacial score (nSPS) is 13.9. The van der Waals surface area contributed by atoms with Crippen LogP contribution in [-0.4, -0.2) is 24.4 Å². The summed E-state index contributed by atoms with van der Waals surface area (Å²) >= 11 is 0. The smallest absolute Gasteiger partial charge is 0.250 e. The molecular weight excluding hydrogens is 244 g/mol. The fraction of sp³-hybridized carbons (Fsp3) is 0.385. The van der Waals surface area contributed by atoms with Crippen molar-refractivity contribution in [3.05, 3.63) is 23.8 Å². The van der Waals surface area contributed by atoms with Crippen LogP contribution in [0.25, 0.3) is 0 Å². The molecule has 0 bridgehead atoms. The first-order chi connectivity index (χ1) is 9.06. The summed E-state index contributed by atoms with van der Waals surface area (Å²) < 4.78 is 0. The third-order valence-corrected chi connectivity index (χ3v) is 2.94. The highest BCUT2D eigenvalue weighted by Gasteiger charge is 2.22. The summed E-state index contributed by atoms with van der Waals surface area (Å²) in [7, 11) is 0. The second-order valence-electron chi connectivity index (χ2n) is 4.68. The Bertz CT molecular complexity index is 497. The summed E-state index contributed by atoms with van der Waals surface area (Å²) in [6.45, 7) is 0.501.